The van der Waals surface area contributed by atoms with Gasteiger partial charge in [0.2, 0.25) is 10.0 Å². The second-order valence-corrected chi connectivity index (χ2v) is 7.47. The van der Waals surface area contributed by atoms with Gasteiger partial charge in [-0.3, -0.25) is 0 Å². The Kier molecular flexibility index (Phi) is 5.22. The SMILES string of the molecule is O=S(=O)(c1ccccc1OC(F)(F)F)N1CCOCC1c1ccccc1. The molecule has 0 saturated carbocycles. The minimum Gasteiger partial charge on any atom is -0.404 e. The van der Waals surface area contributed by atoms with Gasteiger partial charge in [-0.25, -0.2) is 8.42 Å². The highest BCUT2D eigenvalue weighted by atomic mass is 32.2. The van der Waals surface area contributed by atoms with E-state index in [0.29, 0.717) is 5.56 Å². The van der Waals surface area contributed by atoms with Gasteiger partial charge in [-0.15, -0.1) is 13.2 Å². The van der Waals surface area contributed by atoms with Gasteiger partial charge in [-0.05, 0) is 17.7 Å². The largest absolute Gasteiger partial charge is 0.573 e. The van der Waals surface area contributed by atoms with Crippen LogP contribution in [0.2, 0.25) is 0 Å². The van der Waals surface area contributed by atoms with Crippen molar-refractivity contribution in [2.75, 3.05) is 19.8 Å². The lowest BCUT2D eigenvalue weighted by Gasteiger charge is -2.35. The Bertz CT molecular complexity index is 856. The van der Waals surface area contributed by atoms with Crippen LogP contribution in [0.4, 0.5) is 13.2 Å². The van der Waals surface area contributed by atoms with E-state index in [1.54, 1.807) is 30.3 Å². The number of para-hydroxylation sites is 1. The number of sulfonamides is 1. The van der Waals surface area contributed by atoms with Crippen molar-refractivity contribution in [3.05, 3.63) is 60.2 Å². The minimum atomic E-state index is -4.99. The van der Waals surface area contributed by atoms with E-state index in [-0.39, 0.29) is 19.8 Å². The lowest BCUT2D eigenvalue weighted by Crippen LogP contribution is -2.43. The number of benzene rings is 2. The quantitative estimate of drug-likeness (QED) is 0.808. The predicted molar refractivity (Wildman–Crippen MR) is 87.0 cm³/mol. The summed E-state index contributed by atoms with van der Waals surface area (Å²) in [5, 5.41) is 0. The molecule has 1 aliphatic rings. The Balaban J connectivity index is 2.01. The molecule has 0 spiro atoms. The van der Waals surface area contributed by atoms with Gasteiger partial charge in [0.05, 0.1) is 19.3 Å². The Hall–Kier alpha value is -2.10. The molecule has 1 atom stereocenters. The minimum absolute atomic E-state index is 0.0300. The zero-order chi connectivity index (χ0) is 18.8. The first kappa shape index (κ1) is 18.7. The van der Waals surface area contributed by atoms with E-state index >= 15 is 0 Å². The highest BCUT2D eigenvalue weighted by Gasteiger charge is 2.39. The average molecular weight is 387 g/mol. The fourth-order valence-corrected chi connectivity index (χ4v) is 4.51. The van der Waals surface area contributed by atoms with Crippen molar-refractivity contribution in [3.8, 4) is 5.75 Å². The highest BCUT2D eigenvalue weighted by Crippen LogP contribution is 2.35. The summed E-state index contributed by atoms with van der Waals surface area (Å²) >= 11 is 0. The van der Waals surface area contributed by atoms with Crippen LogP contribution in [0.1, 0.15) is 11.6 Å². The van der Waals surface area contributed by atoms with Crippen LogP contribution in [-0.2, 0) is 14.8 Å². The molecule has 1 aliphatic heterocycles. The third-order valence-corrected chi connectivity index (χ3v) is 5.87. The molecule has 2 aromatic carbocycles. The third-order valence-electron chi connectivity index (χ3n) is 3.93. The number of nitrogens with zero attached hydrogens (tertiary/aromatic N) is 1. The maximum atomic E-state index is 13.1. The van der Waals surface area contributed by atoms with E-state index in [1.165, 1.54) is 12.1 Å². The van der Waals surface area contributed by atoms with Crippen LogP contribution in [0.15, 0.2) is 59.5 Å². The smallest absolute Gasteiger partial charge is 0.404 e. The number of hydrogen-bond acceptors (Lipinski definition) is 4. The molecule has 0 amide bonds. The lowest BCUT2D eigenvalue weighted by molar-refractivity contribution is -0.275. The molecule has 5 nitrogen and oxygen atoms in total. The molecule has 0 aliphatic carbocycles. The van der Waals surface area contributed by atoms with Crippen LogP contribution in [-0.4, -0.2) is 38.8 Å². The van der Waals surface area contributed by atoms with Gasteiger partial charge >= 0.3 is 6.36 Å². The number of ether oxygens (including phenoxy) is 2. The Morgan fingerprint density at radius 2 is 1.69 bits per heavy atom. The van der Waals surface area contributed by atoms with Gasteiger partial charge in [-0.2, -0.15) is 4.31 Å². The zero-order valence-electron chi connectivity index (χ0n) is 13.5. The average Bonchev–Trinajstić information content (AvgIpc) is 2.61. The van der Waals surface area contributed by atoms with Crippen LogP contribution >= 0.6 is 0 Å². The molecule has 0 radical (unpaired) electrons. The third kappa shape index (κ3) is 4.00. The van der Waals surface area contributed by atoms with Crippen molar-refractivity contribution in [2.45, 2.75) is 17.3 Å². The van der Waals surface area contributed by atoms with Gasteiger partial charge < -0.3 is 9.47 Å². The van der Waals surface area contributed by atoms with Crippen molar-refractivity contribution in [1.29, 1.82) is 0 Å². The van der Waals surface area contributed by atoms with Crippen LogP contribution in [0.25, 0.3) is 0 Å². The van der Waals surface area contributed by atoms with Crippen molar-refractivity contribution in [3.63, 3.8) is 0 Å². The van der Waals surface area contributed by atoms with E-state index in [4.69, 9.17) is 4.74 Å². The number of alkyl halides is 3. The second kappa shape index (κ2) is 7.26. The maximum Gasteiger partial charge on any atom is 0.573 e. The molecular weight excluding hydrogens is 371 g/mol. The van der Waals surface area contributed by atoms with Gasteiger partial charge in [0.1, 0.15) is 10.6 Å². The van der Waals surface area contributed by atoms with Crippen LogP contribution in [0.5, 0.6) is 5.75 Å². The molecule has 9 heteroatoms. The molecule has 1 fully saturated rings. The molecule has 3 rings (SSSR count). The van der Waals surface area contributed by atoms with Gasteiger partial charge in [0, 0.05) is 6.54 Å². The summed E-state index contributed by atoms with van der Waals surface area (Å²) in [6.45, 7) is 0.304. The summed E-state index contributed by atoms with van der Waals surface area (Å²) in [6.07, 6.45) is -4.99. The topological polar surface area (TPSA) is 55.8 Å². The Morgan fingerprint density at radius 1 is 1.04 bits per heavy atom. The summed E-state index contributed by atoms with van der Waals surface area (Å²) in [4.78, 5) is -0.528. The zero-order valence-corrected chi connectivity index (χ0v) is 14.3. The molecule has 1 saturated heterocycles. The normalized spacial score (nSPS) is 19.3. The van der Waals surface area contributed by atoms with Crippen LogP contribution in [0, 0.1) is 0 Å². The summed E-state index contributed by atoms with van der Waals surface area (Å²) in [5.74, 6) is -0.752. The fourth-order valence-electron chi connectivity index (χ4n) is 2.81. The van der Waals surface area contributed by atoms with Crippen LogP contribution < -0.4 is 4.74 Å². The molecule has 0 bridgehead atoms. The van der Waals surface area contributed by atoms with Crippen molar-refractivity contribution in [2.24, 2.45) is 0 Å². The first-order valence-electron chi connectivity index (χ1n) is 7.78. The molecular formula is C17H16F3NO4S. The van der Waals surface area contributed by atoms with Gasteiger partial charge in [-0.1, -0.05) is 42.5 Å². The van der Waals surface area contributed by atoms with Crippen molar-refractivity contribution >= 4 is 10.0 Å². The van der Waals surface area contributed by atoms with E-state index < -0.39 is 33.1 Å². The van der Waals surface area contributed by atoms with Gasteiger partial charge in [0.15, 0.2) is 0 Å². The second-order valence-electron chi connectivity index (χ2n) is 5.61. The fraction of sp³-hybridized carbons (Fsp3) is 0.294. The number of morpholine rings is 1. The first-order valence-corrected chi connectivity index (χ1v) is 9.22. The maximum absolute atomic E-state index is 13.1. The molecule has 26 heavy (non-hydrogen) atoms. The van der Waals surface area contributed by atoms with E-state index in [2.05, 4.69) is 4.74 Å². The number of halogens is 3. The molecule has 140 valence electrons. The molecule has 0 aromatic heterocycles. The van der Waals surface area contributed by atoms with E-state index in [1.807, 2.05) is 0 Å². The molecule has 2 aromatic rings. The summed E-state index contributed by atoms with van der Waals surface area (Å²) < 4.78 is 74.6. The van der Waals surface area contributed by atoms with Crippen molar-refractivity contribution in [1.82, 2.24) is 4.31 Å². The number of rotatable bonds is 4. The monoisotopic (exact) mass is 387 g/mol. The summed E-state index contributed by atoms with van der Waals surface area (Å²) in [6, 6.07) is 12.9. The lowest BCUT2D eigenvalue weighted by atomic mass is 10.1. The van der Waals surface area contributed by atoms with Crippen LogP contribution in [0.3, 0.4) is 0 Å². The molecule has 0 N–H and O–H groups in total. The van der Waals surface area contributed by atoms with Gasteiger partial charge in [0.25, 0.3) is 0 Å². The van der Waals surface area contributed by atoms with E-state index in [9.17, 15) is 21.6 Å². The summed E-state index contributed by atoms with van der Waals surface area (Å²) in [5.41, 5.74) is 0.699. The Labute approximate surface area is 149 Å². The first-order chi connectivity index (χ1) is 12.3. The van der Waals surface area contributed by atoms with Crippen molar-refractivity contribution < 1.29 is 31.1 Å². The molecule has 1 heterocycles. The number of hydrogen-bond donors (Lipinski definition) is 0. The predicted octanol–water partition coefficient (Wildman–Crippen LogP) is 3.35. The highest BCUT2D eigenvalue weighted by molar-refractivity contribution is 7.89. The molecule has 1 unspecified atom stereocenters. The standard InChI is InChI=1S/C17H16F3NO4S/c18-17(19,20)25-15-8-4-5-9-16(15)26(22,23)21-10-11-24-12-14(21)13-6-2-1-3-7-13/h1-9,14H,10-12H2. The Morgan fingerprint density at radius 3 is 2.38 bits per heavy atom. The summed E-state index contributed by atoms with van der Waals surface area (Å²) in [7, 11) is -4.23. The van der Waals surface area contributed by atoms with E-state index in [0.717, 1.165) is 16.4 Å².